The highest BCUT2D eigenvalue weighted by molar-refractivity contribution is 6.26. The molecule has 0 amide bonds. The molecule has 2 nitrogen and oxygen atoms in total. The summed E-state index contributed by atoms with van der Waals surface area (Å²) in [5.41, 5.74) is 11.3. The van der Waals surface area contributed by atoms with Crippen LogP contribution in [0.1, 0.15) is 25.0 Å². The van der Waals surface area contributed by atoms with Gasteiger partial charge in [-0.05, 0) is 110 Å². The Labute approximate surface area is 306 Å². The van der Waals surface area contributed by atoms with Crippen molar-refractivity contribution in [2.75, 3.05) is 0 Å². The van der Waals surface area contributed by atoms with E-state index < -0.39 is 0 Å². The van der Waals surface area contributed by atoms with E-state index >= 15 is 0 Å². The Morgan fingerprint density at radius 2 is 0.755 bits per heavy atom. The Morgan fingerprint density at radius 3 is 1.28 bits per heavy atom. The lowest BCUT2D eigenvalue weighted by Gasteiger charge is -2.22. The van der Waals surface area contributed by atoms with E-state index in [9.17, 15) is 0 Å². The molecule has 2 aromatic heterocycles. The molecular weight excluding hydrogens is 641 g/mol. The summed E-state index contributed by atoms with van der Waals surface area (Å²) in [6.45, 7) is 4.63. The summed E-state index contributed by atoms with van der Waals surface area (Å²) in [5.74, 6) is 0. The van der Waals surface area contributed by atoms with E-state index in [4.69, 9.17) is 9.97 Å². The zero-order chi connectivity index (χ0) is 35.0. The van der Waals surface area contributed by atoms with Gasteiger partial charge in [0, 0.05) is 28.9 Å². The number of rotatable bonds is 3. The van der Waals surface area contributed by atoms with Crippen molar-refractivity contribution in [2.45, 2.75) is 19.3 Å². The maximum absolute atomic E-state index is 5.12. The lowest BCUT2D eigenvalue weighted by atomic mass is 9.81. The topological polar surface area (TPSA) is 25.8 Å². The van der Waals surface area contributed by atoms with Crippen molar-refractivity contribution < 1.29 is 0 Å². The second-order valence-electron chi connectivity index (χ2n) is 15.4. The molecule has 9 aromatic carbocycles. The minimum Gasteiger partial charge on any atom is -0.254 e. The molecule has 12 rings (SSSR count). The summed E-state index contributed by atoms with van der Waals surface area (Å²) in [6, 6.07) is 54.1. The fourth-order valence-electron chi connectivity index (χ4n) is 9.53. The summed E-state index contributed by atoms with van der Waals surface area (Å²) in [4.78, 5) is 10.2. The third-order valence-electron chi connectivity index (χ3n) is 12.2. The minimum absolute atomic E-state index is 0.248. The lowest BCUT2D eigenvalue weighted by molar-refractivity contribution is 0.658. The molecule has 0 N–H and O–H groups in total. The molecule has 0 fully saturated rings. The Kier molecular flexibility index (Phi) is 5.60. The predicted octanol–water partition coefficient (Wildman–Crippen LogP) is 13.6. The number of benzene rings is 9. The molecule has 0 radical (unpaired) electrons. The molecule has 11 aromatic rings. The number of fused-ring (bicyclic) bond motifs is 3. The smallest absolute Gasteiger partial charge is 0.0930 e. The molecule has 53 heavy (non-hydrogen) atoms. The van der Waals surface area contributed by atoms with Crippen LogP contribution >= 0.6 is 0 Å². The molecule has 1 aliphatic rings. The summed E-state index contributed by atoms with van der Waals surface area (Å²) in [6.07, 6.45) is 4.06. The van der Waals surface area contributed by atoms with Crippen molar-refractivity contribution in [3.05, 3.63) is 169 Å². The van der Waals surface area contributed by atoms with Gasteiger partial charge in [-0.15, -0.1) is 0 Å². The van der Waals surface area contributed by atoms with Gasteiger partial charge < -0.3 is 0 Å². The summed E-state index contributed by atoms with van der Waals surface area (Å²) < 4.78 is 0. The summed E-state index contributed by atoms with van der Waals surface area (Å²) in [7, 11) is 0. The van der Waals surface area contributed by atoms with Crippen LogP contribution in [-0.2, 0) is 5.41 Å². The van der Waals surface area contributed by atoms with Gasteiger partial charge in [0.15, 0.2) is 0 Å². The van der Waals surface area contributed by atoms with Crippen molar-refractivity contribution in [3.8, 4) is 44.8 Å². The number of pyridine rings is 2. The van der Waals surface area contributed by atoms with Crippen molar-refractivity contribution in [1.82, 2.24) is 9.97 Å². The van der Waals surface area contributed by atoms with Crippen molar-refractivity contribution in [1.29, 1.82) is 0 Å². The van der Waals surface area contributed by atoms with Crippen LogP contribution in [0.4, 0.5) is 0 Å². The molecule has 0 saturated heterocycles. The zero-order valence-electron chi connectivity index (χ0n) is 29.4. The Bertz CT molecular complexity index is 3270. The third-order valence-corrected chi connectivity index (χ3v) is 12.2. The Morgan fingerprint density at radius 1 is 0.358 bits per heavy atom. The van der Waals surface area contributed by atoms with Crippen molar-refractivity contribution in [3.63, 3.8) is 0 Å². The van der Waals surface area contributed by atoms with Gasteiger partial charge in [-0.25, -0.2) is 0 Å². The Balaban J connectivity index is 0.921. The van der Waals surface area contributed by atoms with Crippen LogP contribution in [0.15, 0.2) is 158 Å². The molecule has 2 heterocycles. The van der Waals surface area contributed by atoms with Gasteiger partial charge in [-0.3, -0.25) is 9.97 Å². The standard InChI is InChI=1S/C51H32N2/c1-51(2)43-25-37(29-9-11-30(12-10-29)39-21-17-35-15-13-31-5-3-7-33-19-23-41(39)47(35)45(31)33)27-52-49(43)50-44(51)26-38(28-53-50)40-22-18-36-16-14-32-6-4-8-34-20-24-42(40)48(36)46(32)34/h3-28H,1-2H3. The molecule has 0 aliphatic heterocycles. The van der Waals surface area contributed by atoms with E-state index in [0.717, 1.165) is 28.1 Å². The molecule has 0 unspecified atom stereocenters. The SMILES string of the molecule is CC1(C)c2cc(-c3ccc(-c4ccc5ccc6cccc7ccc4c5c67)cc3)cnc2-c2ncc(-c3ccc4ccc5cccc6ccc3c4c56)cc21. The molecule has 0 atom stereocenters. The summed E-state index contributed by atoms with van der Waals surface area (Å²) >= 11 is 0. The van der Waals surface area contributed by atoms with Crippen LogP contribution in [0.3, 0.4) is 0 Å². The van der Waals surface area contributed by atoms with Crippen LogP contribution in [0.25, 0.3) is 109 Å². The number of aromatic nitrogens is 2. The van der Waals surface area contributed by atoms with Gasteiger partial charge in [0.1, 0.15) is 0 Å². The van der Waals surface area contributed by atoms with E-state index in [1.807, 2.05) is 12.4 Å². The van der Waals surface area contributed by atoms with Gasteiger partial charge in [-0.1, -0.05) is 147 Å². The van der Waals surface area contributed by atoms with Crippen LogP contribution in [-0.4, -0.2) is 9.97 Å². The first-order valence-corrected chi connectivity index (χ1v) is 18.5. The fraction of sp³-hybridized carbons (Fsp3) is 0.0588. The van der Waals surface area contributed by atoms with Crippen LogP contribution in [0.2, 0.25) is 0 Å². The largest absolute Gasteiger partial charge is 0.254 e. The van der Waals surface area contributed by atoms with Gasteiger partial charge in [0.05, 0.1) is 11.4 Å². The number of hydrogen-bond donors (Lipinski definition) is 0. The van der Waals surface area contributed by atoms with Gasteiger partial charge in [0.2, 0.25) is 0 Å². The van der Waals surface area contributed by atoms with E-state index in [2.05, 4.69) is 159 Å². The molecule has 0 saturated carbocycles. The van der Waals surface area contributed by atoms with Crippen LogP contribution in [0, 0.1) is 0 Å². The van der Waals surface area contributed by atoms with Crippen LogP contribution < -0.4 is 0 Å². The second-order valence-corrected chi connectivity index (χ2v) is 15.4. The first kappa shape index (κ1) is 29.0. The second kappa shape index (κ2) is 10.2. The van der Waals surface area contributed by atoms with E-state index in [0.29, 0.717) is 0 Å². The lowest BCUT2D eigenvalue weighted by Crippen LogP contribution is -2.15. The van der Waals surface area contributed by atoms with Gasteiger partial charge >= 0.3 is 0 Å². The molecule has 1 aliphatic carbocycles. The van der Waals surface area contributed by atoms with Crippen molar-refractivity contribution in [2.24, 2.45) is 0 Å². The zero-order valence-corrected chi connectivity index (χ0v) is 29.4. The normalized spacial score (nSPS) is 13.6. The quantitative estimate of drug-likeness (QED) is 0.175. The summed E-state index contributed by atoms with van der Waals surface area (Å²) in [5, 5.41) is 15.7. The fourth-order valence-corrected chi connectivity index (χ4v) is 9.53. The predicted molar refractivity (Wildman–Crippen MR) is 223 cm³/mol. The van der Waals surface area contributed by atoms with Gasteiger partial charge in [0.25, 0.3) is 0 Å². The molecule has 0 spiro atoms. The Hall–Kier alpha value is -6.64. The first-order chi connectivity index (χ1) is 26.0. The van der Waals surface area contributed by atoms with E-state index in [-0.39, 0.29) is 5.41 Å². The molecular formula is C51H32N2. The van der Waals surface area contributed by atoms with E-state index in [1.54, 1.807) is 0 Å². The number of hydrogen-bond acceptors (Lipinski definition) is 2. The van der Waals surface area contributed by atoms with E-state index in [1.165, 1.54) is 92.5 Å². The first-order valence-electron chi connectivity index (χ1n) is 18.5. The average molecular weight is 673 g/mol. The monoisotopic (exact) mass is 672 g/mol. The van der Waals surface area contributed by atoms with Crippen molar-refractivity contribution >= 4 is 64.6 Å². The molecule has 0 bridgehead atoms. The van der Waals surface area contributed by atoms with Gasteiger partial charge in [-0.2, -0.15) is 0 Å². The highest BCUT2D eigenvalue weighted by atomic mass is 14.8. The highest BCUT2D eigenvalue weighted by Gasteiger charge is 2.38. The highest BCUT2D eigenvalue weighted by Crippen LogP contribution is 2.49. The maximum Gasteiger partial charge on any atom is 0.0930 e. The van der Waals surface area contributed by atoms with Crippen LogP contribution in [0.5, 0.6) is 0 Å². The maximum atomic E-state index is 5.12. The molecule has 2 heteroatoms. The average Bonchev–Trinajstić information content (AvgIpc) is 3.43. The number of nitrogens with zero attached hydrogens (tertiary/aromatic N) is 2. The molecule has 246 valence electrons. The minimum atomic E-state index is -0.248. The third kappa shape index (κ3) is 3.93.